The monoisotopic (exact) mass is 237 g/mol. The van der Waals surface area contributed by atoms with Crippen LogP contribution in [0.3, 0.4) is 0 Å². The molecule has 1 aromatic rings. The Balaban J connectivity index is 1.89. The Morgan fingerprint density at radius 2 is 2.29 bits per heavy atom. The van der Waals surface area contributed by atoms with Crippen LogP contribution in [0.5, 0.6) is 5.88 Å². The number of esters is 1. The lowest BCUT2D eigenvalue weighted by atomic mass is 10.2. The largest absolute Gasteiger partial charge is 0.472 e. The number of rotatable bonds is 3. The number of carbonyl (C=O) groups is 1. The van der Waals surface area contributed by atoms with E-state index in [0.29, 0.717) is 18.8 Å². The summed E-state index contributed by atoms with van der Waals surface area (Å²) < 4.78 is 10.3. The molecule has 1 fully saturated rings. The third kappa shape index (κ3) is 2.91. The summed E-state index contributed by atoms with van der Waals surface area (Å²) in [7, 11) is 1.38. The number of methoxy groups -OCH3 is 1. The van der Waals surface area contributed by atoms with Crippen LogP contribution >= 0.6 is 0 Å². The standard InChI is InChI=1S/C11H15N3O3/c1-7-3-4-10(14-13-7)17-8-5-9(12-6-8)11(15)16-2/h3-4,8-9,12H,5-6H2,1-2H3. The zero-order valence-corrected chi connectivity index (χ0v) is 9.84. The van der Waals surface area contributed by atoms with Gasteiger partial charge in [0.1, 0.15) is 12.1 Å². The van der Waals surface area contributed by atoms with Crippen molar-refractivity contribution in [2.45, 2.75) is 25.5 Å². The second kappa shape index (κ2) is 5.09. The molecule has 0 aromatic carbocycles. The Morgan fingerprint density at radius 3 is 2.94 bits per heavy atom. The minimum absolute atomic E-state index is 0.0730. The van der Waals surface area contributed by atoms with Crippen molar-refractivity contribution in [1.82, 2.24) is 15.5 Å². The van der Waals surface area contributed by atoms with E-state index in [-0.39, 0.29) is 18.1 Å². The van der Waals surface area contributed by atoms with Gasteiger partial charge in [0, 0.05) is 19.0 Å². The van der Waals surface area contributed by atoms with Crippen molar-refractivity contribution in [3.8, 4) is 5.88 Å². The van der Waals surface area contributed by atoms with Crippen LogP contribution in [0.2, 0.25) is 0 Å². The normalized spacial score (nSPS) is 23.4. The van der Waals surface area contributed by atoms with Gasteiger partial charge in [0.15, 0.2) is 0 Å². The van der Waals surface area contributed by atoms with Crippen molar-refractivity contribution in [3.05, 3.63) is 17.8 Å². The van der Waals surface area contributed by atoms with Crippen molar-refractivity contribution in [2.24, 2.45) is 0 Å². The van der Waals surface area contributed by atoms with E-state index in [1.165, 1.54) is 7.11 Å². The average Bonchev–Trinajstić information content (AvgIpc) is 2.80. The van der Waals surface area contributed by atoms with E-state index in [1.54, 1.807) is 6.07 Å². The molecule has 6 nitrogen and oxygen atoms in total. The zero-order chi connectivity index (χ0) is 12.3. The number of hydrogen-bond acceptors (Lipinski definition) is 6. The van der Waals surface area contributed by atoms with Gasteiger partial charge in [-0.2, -0.15) is 5.10 Å². The summed E-state index contributed by atoms with van der Waals surface area (Å²) in [6.07, 6.45) is 0.512. The first-order chi connectivity index (χ1) is 8.19. The molecule has 0 bridgehead atoms. The van der Waals surface area contributed by atoms with Crippen LogP contribution < -0.4 is 10.1 Å². The molecule has 1 saturated heterocycles. The minimum Gasteiger partial charge on any atom is -0.472 e. The smallest absolute Gasteiger partial charge is 0.323 e. The van der Waals surface area contributed by atoms with Gasteiger partial charge in [-0.1, -0.05) is 0 Å². The van der Waals surface area contributed by atoms with Gasteiger partial charge < -0.3 is 14.8 Å². The topological polar surface area (TPSA) is 73.3 Å². The molecule has 0 amide bonds. The van der Waals surface area contributed by atoms with Crippen LogP contribution in [0.1, 0.15) is 12.1 Å². The first-order valence-electron chi connectivity index (χ1n) is 5.47. The van der Waals surface area contributed by atoms with E-state index in [9.17, 15) is 4.79 Å². The summed E-state index contributed by atoms with van der Waals surface area (Å²) in [4.78, 5) is 11.3. The molecule has 0 spiro atoms. The third-order valence-corrected chi connectivity index (χ3v) is 2.64. The molecular weight excluding hydrogens is 222 g/mol. The number of hydrogen-bond donors (Lipinski definition) is 1. The summed E-state index contributed by atoms with van der Waals surface area (Å²) in [5.74, 6) is 0.221. The van der Waals surface area contributed by atoms with E-state index < -0.39 is 0 Å². The van der Waals surface area contributed by atoms with E-state index in [1.807, 2.05) is 13.0 Å². The number of nitrogens with one attached hydrogen (secondary N) is 1. The van der Waals surface area contributed by atoms with Gasteiger partial charge >= 0.3 is 5.97 Å². The summed E-state index contributed by atoms with van der Waals surface area (Å²) in [5.41, 5.74) is 0.842. The van der Waals surface area contributed by atoms with Crippen LogP contribution in [0.25, 0.3) is 0 Å². The summed E-state index contributed by atoms with van der Waals surface area (Å²) in [6, 6.07) is 3.32. The molecule has 6 heteroatoms. The van der Waals surface area contributed by atoms with Crippen molar-refractivity contribution in [2.75, 3.05) is 13.7 Å². The molecule has 0 aliphatic carbocycles. The Morgan fingerprint density at radius 1 is 1.47 bits per heavy atom. The van der Waals surface area contributed by atoms with E-state index in [4.69, 9.17) is 4.74 Å². The minimum atomic E-state index is -0.289. The predicted molar refractivity (Wildman–Crippen MR) is 59.6 cm³/mol. The highest BCUT2D eigenvalue weighted by Gasteiger charge is 2.31. The fourth-order valence-corrected chi connectivity index (χ4v) is 1.74. The van der Waals surface area contributed by atoms with E-state index in [0.717, 1.165) is 5.69 Å². The van der Waals surface area contributed by atoms with Crippen molar-refractivity contribution in [3.63, 3.8) is 0 Å². The van der Waals surface area contributed by atoms with Gasteiger partial charge in [-0.05, 0) is 13.0 Å². The molecule has 1 aromatic heterocycles. The maximum Gasteiger partial charge on any atom is 0.323 e. The molecule has 2 atom stereocenters. The Bertz CT molecular complexity index is 393. The third-order valence-electron chi connectivity index (χ3n) is 2.64. The van der Waals surface area contributed by atoms with Crippen molar-refractivity contribution >= 4 is 5.97 Å². The molecule has 2 heterocycles. The van der Waals surface area contributed by atoms with Gasteiger partial charge in [0.2, 0.25) is 5.88 Å². The second-order valence-electron chi connectivity index (χ2n) is 3.97. The SMILES string of the molecule is COC(=O)C1CC(Oc2ccc(C)nn2)CN1. The molecule has 0 radical (unpaired) electrons. The van der Waals surface area contributed by atoms with Gasteiger partial charge in [0.25, 0.3) is 0 Å². The van der Waals surface area contributed by atoms with Gasteiger partial charge in [0.05, 0.1) is 12.8 Å². The maximum absolute atomic E-state index is 11.3. The van der Waals surface area contributed by atoms with E-state index in [2.05, 4.69) is 20.3 Å². The fraction of sp³-hybridized carbons (Fsp3) is 0.545. The molecule has 0 saturated carbocycles. The Hall–Kier alpha value is -1.69. The number of ether oxygens (including phenoxy) is 2. The Labute approximate surface area is 99.3 Å². The van der Waals surface area contributed by atoms with Crippen LogP contribution in [-0.2, 0) is 9.53 Å². The van der Waals surface area contributed by atoms with Gasteiger partial charge in [-0.15, -0.1) is 5.10 Å². The lowest BCUT2D eigenvalue weighted by Crippen LogP contribution is -2.31. The second-order valence-corrected chi connectivity index (χ2v) is 3.97. The summed E-state index contributed by atoms with van der Waals surface area (Å²) in [6.45, 7) is 2.47. The van der Waals surface area contributed by atoms with Crippen LogP contribution in [0.15, 0.2) is 12.1 Å². The van der Waals surface area contributed by atoms with Crippen molar-refractivity contribution in [1.29, 1.82) is 0 Å². The maximum atomic E-state index is 11.3. The lowest BCUT2D eigenvalue weighted by molar-refractivity contribution is -0.142. The molecule has 17 heavy (non-hydrogen) atoms. The summed E-state index contributed by atoms with van der Waals surface area (Å²) >= 11 is 0. The molecule has 1 aliphatic rings. The lowest BCUT2D eigenvalue weighted by Gasteiger charge is -2.11. The van der Waals surface area contributed by atoms with Crippen molar-refractivity contribution < 1.29 is 14.3 Å². The van der Waals surface area contributed by atoms with Gasteiger partial charge in [-0.25, -0.2) is 0 Å². The number of nitrogens with zero attached hydrogens (tertiary/aromatic N) is 2. The number of aromatic nitrogens is 2. The first-order valence-corrected chi connectivity index (χ1v) is 5.47. The molecular formula is C11H15N3O3. The predicted octanol–water partition coefficient (Wildman–Crippen LogP) is 0.0673. The number of carbonyl (C=O) groups excluding carboxylic acids is 1. The molecule has 2 unspecified atom stereocenters. The quantitative estimate of drug-likeness (QED) is 0.750. The zero-order valence-electron chi connectivity index (χ0n) is 9.84. The highest BCUT2D eigenvalue weighted by Crippen LogP contribution is 2.15. The summed E-state index contributed by atoms with van der Waals surface area (Å²) in [5, 5.41) is 10.9. The molecule has 2 rings (SSSR count). The Kier molecular flexibility index (Phi) is 3.53. The highest BCUT2D eigenvalue weighted by molar-refractivity contribution is 5.76. The molecule has 92 valence electrons. The van der Waals surface area contributed by atoms with Gasteiger partial charge in [-0.3, -0.25) is 4.79 Å². The molecule has 1 aliphatic heterocycles. The molecule has 1 N–H and O–H groups in total. The van der Waals surface area contributed by atoms with E-state index >= 15 is 0 Å². The first kappa shape index (κ1) is 11.8. The highest BCUT2D eigenvalue weighted by atomic mass is 16.5. The number of aryl methyl sites for hydroxylation is 1. The fourth-order valence-electron chi connectivity index (χ4n) is 1.74. The van der Waals surface area contributed by atoms with Crippen LogP contribution in [-0.4, -0.2) is 42.0 Å². The van der Waals surface area contributed by atoms with Crippen LogP contribution in [0, 0.1) is 6.92 Å². The van der Waals surface area contributed by atoms with Crippen LogP contribution in [0.4, 0.5) is 0 Å². The average molecular weight is 237 g/mol.